The number of nitrogen functional groups attached to an aromatic ring is 1. The van der Waals surface area contributed by atoms with Gasteiger partial charge < -0.3 is 5.73 Å². The molecular weight excluding hydrogens is 204 g/mol. The molecule has 84 valence electrons. The van der Waals surface area contributed by atoms with Crippen LogP contribution in [0.5, 0.6) is 0 Å². The van der Waals surface area contributed by atoms with Crippen molar-refractivity contribution in [2.45, 2.75) is 57.8 Å². The number of hydrogen-bond donors (Lipinski definition) is 1. The topological polar surface area (TPSA) is 38.9 Å². The summed E-state index contributed by atoms with van der Waals surface area (Å²) >= 11 is 1.68. The molecule has 1 aliphatic carbocycles. The largest absolute Gasteiger partial charge is 0.375 e. The van der Waals surface area contributed by atoms with Gasteiger partial charge in [-0.05, 0) is 19.3 Å². The van der Waals surface area contributed by atoms with Crippen LogP contribution in [-0.2, 0) is 6.42 Å². The molecule has 2 nitrogen and oxygen atoms in total. The van der Waals surface area contributed by atoms with Gasteiger partial charge in [0, 0.05) is 10.8 Å². The number of aromatic nitrogens is 1. The van der Waals surface area contributed by atoms with Crippen LogP contribution in [-0.4, -0.2) is 4.98 Å². The molecule has 1 aromatic heterocycles. The first-order chi connectivity index (χ1) is 7.31. The molecule has 1 saturated carbocycles. The third kappa shape index (κ3) is 2.51. The summed E-state index contributed by atoms with van der Waals surface area (Å²) in [5.41, 5.74) is 7.13. The number of nitrogens with zero attached hydrogens (tertiary/aromatic N) is 1. The number of aryl methyl sites for hydroxylation is 1. The third-order valence-electron chi connectivity index (χ3n) is 3.31. The maximum absolute atomic E-state index is 5.81. The summed E-state index contributed by atoms with van der Waals surface area (Å²) in [4.78, 5) is 5.96. The quantitative estimate of drug-likeness (QED) is 0.777. The van der Waals surface area contributed by atoms with Crippen LogP contribution in [0.1, 0.15) is 61.9 Å². The first-order valence-electron chi connectivity index (χ1n) is 6.06. The SMILES string of the molecule is CCc1sc(N)nc1C1CCCCCC1. The number of hydrogen-bond acceptors (Lipinski definition) is 3. The predicted molar refractivity (Wildman–Crippen MR) is 66.3 cm³/mol. The Balaban J connectivity index is 2.18. The smallest absolute Gasteiger partial charge is 0.180 e. The maximum atomic E-state index is 5.81. The Bertz CT molecular complexity index is 311. The molecule has 0 radical (unpaired) electrons. The van der Waals surface area contributed by atoms with Crippen LogP contribution in [0.4, 0.5) is 5.13 Å². The molecule has 0 unspecified atom stereocenters. The second-order valence-electron chi connectivity index (χ2n) is 4.40. The number of nitrogens with two attached hydrogens (primary N) is 1. The fourth-order valence-electron chi connectivity index (χ4n) is 2.51. The fourth-order valence-corrected chi connectivity index (χ4v) is 3.37. The highest BCUT2D eigenvalue weighted by molar-refractivity contribution is 7.15. The van der Waals surface area contributed by atoms with Crippen molar-refractivity contribution in [1.82, 2.24) is 4.98 Å². The molecule has 2 rings (SSSR count). The lowest BCUT2D eigenvalue weighted by Gasteiger charge is -2.12. The molecule has 0 amide bonds. The van der Waals surface area contributed by atoms with E-state index in [1.807, 2.05) is 0 Å². The monoisotopic (exact) mass is 224 g/mol. The van der Waals surface area contributed by atoms with E-state index < -0.39 is 0 Å². The van der Waals surface area contributed by atoms with E-state index in [4.69, 9.17) is 5.73 Å². The van der Waals surface area contributed by atoms with E-state index in [1.54, 1.807) is 11.3 Å². The minimum atomic E-state index is 0.691. The molecule has 1 aromatic rings. The Morgan fingerprint density at radius 2 is 1.93 bits per heavy atom. The zero-order valence-electron chi connectivity index (χ0n) is 9.46. The summed E-state index contributed by atoms with van der Waals surface area (Å²) < 4.78 is 0. The molecule has 0 bridgehead atoms. The van der Waals surface area contributed by atoms with Crippen LogP contribution in [0.25, 0.3) is 0 Å². The molecule has 3 heteroatoms. The molecule has 2 N–H and O–H groups in total. The molecule has 0 atom stereocenters. The van der Waals surface area contributed by atoms with Gasteiger partial charge in [0.1, 0.15) is 0 Å². The van der Waals surface area contributed by atoms with Crippen molar-refractivity contribution in [2.75, 3.05) is 5.73 Å². The molecular formula is C12H20N2S. The van der Waals surface area contributed by atoms with E-state index >= 15 is 0 Å². The van der Waals surface area contributed by atoms with Crippen LogP contribution in [0, 0.1) is 0 Å². The molecule has 0 spiro atoms. The van der Waals surface area contributed by atoms with E-state index in [9.17, 15) is 0 Å². The molecule has 1 heterocycles. The fraction of sp³-hybridized carbons (Fsp3) is 0.750. The second kappa shape index (κ2) is 4.97. The average molecular weight is 224 g/mol. The molecule has 0 aromatic carbocycles. The molecule has 1 fully saturated rings. The molecule has 0 saturated heterocycles. The highest BCUT2D eigenvalue weighted by Crippen LogP contribution is 2.35. The van der Waals surface area contributed by atoms with Crippen molar-refractivity contribution in [1.29, 1.82) is 0 Å². The van der Waals surface area contributed by atoms with E-state index in [2.05, 4.69) is 11.9 Å². The standard InChI is InChI=1S/C12H20N2S/c1-2-10-11(14-12(13)15-10)9-7-5-3-4-6-8-9/h9H,2-8H2,1H3,(H2,13,14). The minimum Gasteiger partial charge on any atom is -0.375 e. The first kappa shape index (κ1) is 10.9. The van der Waals surface area contributed by atoms with Gasteiger partial charge in [0.05, 0.1) is 5.69 Å². The van der Waals surface area contributed by atoms with Gasteiger partial charge in [0.25, 0.3) is 0 Å². The summed E-state index contributed by atoms with van der Waals surface area (Å²) in [5.74, 6) is 0.691. The summed E-state index contributed by atoms with van der Waals surface area (Å²) in [6, 6.07) is 0. The Labute approximate surface area is 95.9 Å². The highest BCUT2D eigenvalue weighted by Gasteiger charge is 2.20. The normalized spacial score (nSPS) is 19.0. The highest BCUT2D eigenvalue weighted by atomic mass is 32.1. The third-order valence-corrected chi connectivity index (χ3v) is 4.35. The van der Waals surface area contributed by atoms with Crippen LogP contribution < -0.4 is 5.73 Å². The van der Waals surface area contributed by atoms with Crippen molar-refractivity contribution in [3.63, 3.8) is 0 Å². The van der Waals surface area contributed by atoms with Gasteiger partial charge in [-0.15, -0.1) is 11.3 Å². The molecule has 1 aliphatic rings. The van der Waals surface area contributed by atoms with Crippen molar-refractivity contribution in [3.05, 3.63) is 10.6 Å². The number of rotatable bonds is 2. The van der Waals surface area contributed by atoms with Gasteiger partial charge in [0.2, 0.25) is 0 Å². The predicted octanol–water partition coefficient (Wildman–Crippen LogP) is 3.73. The number of anilines is 1. The van der Waals surface area contributed by atoms with E-state index in [0.29, 0.717) is 5.92 Å². The Morgan fingerprint density at radius 1 is 1.27 bits per heavy atom. The van der Waals surface area contributed by atoms with Gasteiger partial charge in [-0.3, -0.25) is 0 Å². The number of thiazole rings is 1. The maximum Gasteiger partial charge on any atom is 0.180 e. The summed E-state index contributed by atoms with van der Waals surface area (Å²) in [6.45, 7) is 2.20. The summed E-state index contributed by atoms with van der Waals surface area (Å²) in [6.07, 6.45) is 9.25. The summed E-state index contributed by atoms with van der Waals surface area (Å²) in [7, 11) is 0. The lowest BCUT2D eigenvalue weighted by atomic mass is 9.95. The minimum absolute atomic E-state index is 0.691. The van der Waals surface area contributed by atoms with Crippen LogP contribution in [0.15, 0.2) is 0 Å². The second-order valence-corrected chi connectivity index (χ2v) is 5.52. The Hall–Kier alpha value is -0.570. The van der Waals surface area contributed by atoms with Gasteiger partial charge in [-0.1, -0.05) is 32.6 Å². The zero-order chi connectivity index (χ0) is 10.7. The lowest BCUT2D eigenvalue weighted by Crippen LogP contribution is -2.01. The van der Waals surface area contributed by atoms with Crippen molar-refractivity contribution in [3.8, 4) is 0 Å². The van der Waals surface area contributed by atoms with E-state index in [1.165, 1.54) is 49.1 Å². The average Bonchev–Trinajstić information content (AvgIpc) is 2.47. The van der Waals surface area contributed by atoms with E-state index in [0.717, 1.165) is 11.6 Å². The van der Waals surface area contributed by atoms with Gasteiger partial charge in [-0.25, -0.2) is 4.98 Å². The van der Waals surface area contributed by atoms with Crippen molar-refractivity contribution < 1.29 is 0 Å². The lowest BCUT2D eigenvalue weighted by molar-refractivity contribution is 0.577. The van der Waals surface area contributed by atoms with Crippen LogP contribution >= 0.6 is 11.3 Å². The van der Waals surface area contributed by atoms with Gasteiger partial charge in [0.15, 0.2) is 5.13 Å². The Kier molecular flexibility index (Phi) is 3.62. The van der Waals surface area contributed by atoms with Gasteiger partial charge >= 0.3 is 0 Å². The van der Waals surface area contributed by atoms with E-state index in [-0.39, 0.29) is 0 Å². The van der Waals surface area contributed by atoms with Crippen LogP contribution in [0.2, 0.25) is 0 Å². The Morgan fingerprint density at radius 3 is 2.53 bits per heavy atom. The molecule has 0 aliphatic heterocycles. The zero-order valence-corrected chi connectivity index (χ0v) is 10.3. The molecule has 15 heavy (non-hydrogen) atoms. The van der Waals surface area contributed by atoms with Crippen molar-refractivity contribution in [2.24, 2.45) is 0 Å². The van der Waals surface area contributed by atoms with Crippen molar-refractivity contribution >= 4 is 16.5 Å². The van der Waals surface area contributed by atoms with Gasteiger partial charge in [-0.2, -0.15) is 0 Å². The van der Waals surface area contributed by atoms with Crippen LogP contribution in [0.3, 0.4) is 0 Å². The summed E-state index contributed by atoms with van der Waals surface area (Å²) in [5, 5.41) is 0.756. The first-order valence-corrected chi connectivity index (χ1v) is 6.88.